The van der Waals surface area contributed by atoms with E-state index in [1.165, 1.54) is 11.5 Å². The summed E-state index contributed by atoms with van der Waals surface area (Å²) in [5.74, 6) is 0. The summed E-state index contributed by atoms with van der Waals surface area (Å²) >= 11 is 10.8. The molecule has 2 nitrogen and oxygen atoms in total. The molecule has 0 unspecified atom stereocenters. The highest BCUT2D eigenvalue weighted by molar-refractivity contribution is 9.09. The molecule has 0 aliphatic carbocycles. The van der Waals surface area contributed by atoms with Crippen LogP contribution in [0, 0.1) is 0 Å². The number of unbranched alkanes of at least 4 members (excludes halogenated alkanes) is 1. The van der Waals surface area contributed by atoms with Gasteiger partial charge in [-0.15, -0.1) is 0 Å². The van der Waals surface area contributed by atoms with Crippen molar-refractivity contribution in [1.82, 2.24) is 3.96 Å². The summed E-state index contributed by atoms with van der Waals surface area (Å²) in [5.41, 5.74) is 0.0806. The average molecular weight is 321 g/mol. The number of alkyl halides is 1. The van der Waals surface area contributed by atoms with Gasteiger partial charge in [-0.1, -0.05) is 39.1 Å². The van der Waals surface area contributed by atoms with Crippen LogP contribution in [0.2, 0.25) is 5.02 Å². The van der Waals surface area contributed by atoms with E-state index in [2.05, 4.69) is 15.9 Å². The van der Waals surface area contributed by atoms with E-state index in [1.54, 1.807) is 6.07 Å². The summed E-state index contributed by atoms with van der Waals surface area (Å²) in [6, 6.07) is 5.48. The van der Waals surface area contributed by atoms with Gasteiger partial charge in [-0.3, -0.25) is 8.75 Å². The van der Waals surface area contributed by atoms with Crippen molar-refractivity contribution in [2.75, 3.05) is 5.33 Å². The minimum Gasteiger partial charge on any atom is -0.268 e. The van der Waals surface area contributed by atoms with Gasteiger partial charge in [-0.2, -0.15) is 0 Å². The van der Waals surface area contributed by atoms with Crippen molar-refractivity contribution >= 4 is 49.1 Å². The van der Waals surface area contributed by atoms with Crippen LogP contribution in [0.15, 0.2) is 23.0 Å². The van der Waals surface area contributed by atoms with Crippen molar-refractivity contribution in [2.45, 2.75) is 19.4 Å². The highest BCUT2D eigenvalue weighted by Crippen LogP contribution is 2.21. The number of hydrogen-bond acceptors (Lipinski definition) is 2. The van der Waals surface area contributed by atoms with Gasteiger partial charge >= 0.3 is 0 Å². The van der Waals surface area contributed by atoms with E-state index < -0.39 is 0 Å². The molecule has 0 atom stereocenters. The summed E-state index contributed by atoms with van der Waals surface area (Å²) in [5, 5.41) is 2.34. The van der Waals surface area contributed by atoms with Crippen LogP contribution in [0.1, 0.15) is 12.8 Å². The first-order valence-corrected chi connectivity index (χ1v) is 7.35. The van der Waals surface area contributed by atoms with Crippen LogP contribution in [0.25, 0.3) is 10.1 Å². The first-order chi connectivity index (χ1) is 7.72. The van der Waals surface area contributed by atoms with E-state index in [9.17, 15) is 4.79 Å². The zero-order chi connectivity index (χ0) is 11.5. The lowest BCUT2D eigenvalue weighted by Gasteiger charge is -1.97. The Kier molecular flexibility index (Phi) is 4.05. The molecule has 0 fully saturated rings. The minimum atomic E-state index is 0.0806. The van der Waals surface area contributed by atoms with Crippen LogP contribution in [0.5, 0.6) is 0 Å². The predicted octanol–water partition coefficient (Wildman–Crippen LogP) is 3.89. The van der Waals surface area contributed by atoms with Crippen molar-refractivity contribution in [1.29, 1.82) is 0 Å². The fourth-order valence-electron chi connectivity index (χ4n) is 1.54. The lowest BCUT2D eigenvalue weighted by molar-refractivity contribution is 0.665. The Hall–Kier alpha value is -0.320. The largest absolute Gasteiger partial charge is 0.268 e. The third kappa shape index (κ3) is 2.50. The van der Waals surface area contributed by atoms with E-state index in [4.69, 9.17) is 11.6 Å². The lowest BCUT2D eigenvalue weighted by atomic mass is 10.3. The molecule has 1 aromatic heterocycles. The quantitative estimate of drug-likeness (QED) is 0.619. The molecule has 0 amide bonds. The normalized spacial score (nSPS) is 11.1. The van der Waals surface area contributed by atoms with Crippen LogP contribution in [-0.2, 0) is 6.54 Å². The number of halogens is 2. The lowest BCUT2D eigenvalue weighted by Crippen LogP contribution is -2.12. The van der Waals surface area contributed by atoms with Crippen LogP contribution in [-0.4, -0.2) is 9.29 Å². The monoisotopic (exact) mass is 319 g/mol. The van der Waals surface area contributed by atoms with Crippen LogP contribution >= 0.6 is 39.1 Å². The molecule has 16 heavy (non-hydrogen) atoms. The van der Waals surface area contributed by atoms with Crippen molar-refractivity contribution in [2.24, 2.45) is 0 Å². The van der Waals surface area contributed by atoms with Gasteiger partial charge in [-0.05, 0) is 31.0 Å². The Bertz CT molecular complexity index is 548. The molecule has 1 heterocycles. The Morgan fingerprint density at radius 3 is 2.94 bits per heavy atom. The molecule has 0 saturated carbocycles. The summed E-state index contributed by atoms with van der Waals surface area (Å²) in [4.78, 5) is 12.0. The van der Waals surface area contributed by atoms with E-state index in [-0.39, 0.29) is 5.56 Å². The van der Waals surface area contributed by atoms with Gasteiger partial charge in [0.2, 0.25) is 0 Å². The number of rotatable bonds is 4. The van der Waals surface area contributed by atoms with Gasteiger partial charge in [0.05, 0.1) is 10.1 Å². The molecule has 5 heteroatoms. The Morgan fingerprint density at radius 1 is 1.38 bits per heavy atom. The van der Waals surface area contributed by atoms with Crippen LogP contribution < -0.4 is 5.56 Å². The number of nitrogens with zero attached hydrogens (tertiary/aromatic N) is 1. The molecule has 0 aliphatic rings. The van der Waals surface area contributed by atoms with Crippen molar-refractivity contribution < 1.29 is 0 Å². The minimum absolute atomic E-state index is 0.0806. The second-order valence-electron chi connectivity index (χ2n) is 3.54. The Labute approximate surface area is 111 Å². The molecule has 1 aromatic carbocycles. The van der Waals surface area contributed by atoms with Gasteiger partial charge in [0, 0.05) is 16.9 Å². The second kappa shape index (κ2) is 5.34. The van der Waals surface area contributed by atoms with Crippen LogP contribution in [0.4, 0.5) is 0 Å². The molecule has 0 bridgehead atoms. The number of fused-ring (bicyclic) bond motifs is 1. The highest BCUT2D eigenvalue weighted by atomic mass is 79.9. The van der Waals surface area contributed by atoms with Crippen molar-refractivity contribution in [3.8, 4) is 0 Å². The first-order valence-electron chi connectivity index (χ1n) is 5.07. The van der Waals surface area contributed by atoms with E-state index in [1.807, 2.05) is 16.1 Å². The van der Waals surface area contributed by atoms with Gasteiger partial charge in [-0.25, -0.2) is 0 Å². The molecule has 86 valence electrons. The average Bonchev–Trinajstić information content (AvgIpc) is 2.57. The fraction of sp³-hybridized carbons (Fsp3) is 0.364. The Morgan fingerprint density at radius 2 is 2.19 bits per heavy atom. The summed E-state index contributed by atoms with van der Waals surface area (Å²) in [7, 11) is 0. The van der Waals surface area contributed by atoms with E-state index >= 15 is 0 Å². The maximum atomic E-state index is 12.0. The standard InChI is InChI=1S/C11H11BrClNOS/c12-5-1-2-6-14-11(15)9-7-8(13)3-4-10(9)16-14/h3-4,7H,1-2,5-6H2. The SMILES string of the molecule is O=c1c2cc(Cl)ccc2sn1CCCCBr. The zero-order valence-electron chi connectivity index (χ0n) is 8.58. The molecule has 0 saturated heterocycles. The van der Waals surface area contributed by atoms with Gasteiger partial charge in [0.15, 0.2) is 0 Å². The number of hydrogen-bond donors (Lipinski definition) is 0. The first kappa shape index (κ1) is 12.1. The molecule has 0 spiro atoms. The maximum absolute atomic E-state index is 12.0. The molecule has 2 rings (SSSR count). The second-order valence-corrected chi connectivity index (χ2v) is 5.83. The molecule has 0 N–H and O–H groups in total. The number of aryl methyl sites for hydroxylation is 1. The fourth-order valence-corrected chi connectivity index (χ4v) is 3.12. The third-order valence-corrected chi connectivity index (χ3v) is 4.27. The summed E-state index contributed by atoms with van der Waals surface area (Å²) in [6.45, 7) is 0.793. The Balaban J connectivity index is 2.33. The van der Waals surface area contributed by atoms with Gasteiger partial charge < -0.3 is 0 Å². The van der Waals surface area contributed by atoms with Gasteiger partial charge in [0.25, 0.3) is 5.56 Å². The predicted molar refractivity (Wildman–Crippen MR) is 74.1 cm³/mol. The molecule has 0 radical (unpaired) electrons. The number of aromatic nitrogens is 1. The van der Waals surface area contributed by atoms with Crippen molar-refractivity contribution in [3.63, 3.8) is 0 Å². The summed E-state index contributed by atoms with van der Waals surface area (Å²) < 4.78 is 2.82. The topological polar surface area (TPSA) is 22.0 Å². The highest BCUT2D eigenvalue weighted by Gasteiger charge is 2.07. The maximum Gasteiger partial charge on any atom is 0.268 e. The van der Waals surface area contributed by atoms with Gasteiger partial charge in [0.1, 0.15) is 0 Å². The third-order valence-electron chi connectivity index (χ3n) is 2.35. The molecular formula is C11H11BrClNOS. The smallest absolute Gasteiger partial charge is 0.268 e. The number of benzene rings is 1. The van der Waals surface area contributed by atoms with E-state index in [0.717, 1.165) is 34.8 Å². The van der Waals surface area contributed by atoms with E-state index in [0.29, 0.717) is 5.02 Å². The molecule has 0 aliphatic heterocycles. The molecular weight excluding hydrogens is 310 g/mol. The molecule has 2 aromatic rings. The van der Waals surface area contributed by atoms with Crippen molar-refractivity contribution in [3.05, 3.63) is 33.6 Å². The summed E-state index contributed by atoms with van der Waals surface area (Å²) in [6.07, 6.45) is 2.10. The zero-order valence-corrected chi connectivity index (χ0v) is 11.7. The van der Waals surface area contributed by atoms with Crippen LogP contribution in [0.3, 0.4) is 0 Å².